The minimum absolute atomic E-state index is 0.0636. The highest BCUT2D eigenvalue weighted by Crippen LogP contribution is 2.27. The number of benzene rings is 1. The fourth-order valence-electron chi connectivity index (χ4n) is 4.53. The van der Waals surface area contributed by atoms with Crippen molar-refractivity contribution in [1.29, 1.82) is 5.26 Å². The van der Waals surface area contributed by atoms with Crippen molar-refractivity contribution in [1.82, 2.24) is 23.3 Å². The predicted octanol–water partition coefficient (Wildman–Crippen LogP) is 2.40. The van der Waals surface area contributed by atoms with Crippen LogP contribution >= 0.6 is 0 Å². The van der Waals surface area contributed by atoms with Crippen molar-refractivity contribution in [2.45, 2.75) is 33.9 Å². The predicted molar refractivity (Wildman–Crippen MR) is 136 cm³/mol. The smallest absolute Gasteiger partial charge is 0.296 e. The minimum Gasteiger partial charge on any atom is -0.296 e. The monoisotopic (exact) mass is 496 g/mol. The van der Waals surface area contributed by atoms with Crippen LogP contribution in [0.15, 0.2) is 35.1 Å². The highest BCUT2D eigenvalue weighted by atomic mass is 32.2. The van der Waals surface area contributed by atoms with E-state index in [0.717, 1.165) is 16.6 Å². The molecular weight excluding hydrogens is 464 g/mol. The molecule has 0 unspecified atom stereocenters. The molecule has 0 amide bonds. The van der Waals surface area contributed by atoms with E-state index < -0.39 is 10.0 Å². The van der Waals surface area contributed by atoms with Crippen LogP contribution in [-0.4, -0.2) is 64.2 Å². The molecule has 1 aromatic carbocycles. The van der Waals surface area contributed by atoms with E-state index in [4.69, 9.17) is 4.98 Å². The van der Waals surface area contributed by atoms with Gasteiger partial charge in [0.1, 0.15) is 0 Å². The van der Waals surface area contributed by atoms with Crippen molar-refractivity contribution in [3.05, 3.63) is 51.9 Å². The van der Waals surface area contributed by atoms with Crippen LogP contribution in [0.5, 0.6) is 0 Å². The summed E-state index contributed by atoms with van der Waals surface area (Å²) in [6, 6.07) is 11.7. The molecule has 3 heterocycles. The van der Waals surface area contributed by atoms with Gasteiger partial charge >= 0.3 is 5.69 Å². The van der Waals surface area contributed by atoms with Gasteiger partial charge in [-0.3, -0.25) is 14.0 Å². The van der Waals surface area contributed by atoms with Crippen LogP contribution in [0.2, 0.25) is 0 Å². The van der Waals surface area contributed by atoms with Gasteiger partial charge in [0, 0.05) is 51.9 Å². The molecule has 1 fully saturated rings. The van der Waals surface area contributed by atoms with Crippen molar-refractivity contribution >= 4 is 21.2 Å². The fraction of sp³-hybridized carbons (Fsp3) is 0.480. The summed E-state index contributed by atoms with van der Waals surface area (Å²) in [5.41, 5.74) is 4.08. The van der Waals surface area contributed by atoms with Gasteiger partial charge in [0.15, 0.2) is 5.65 Å². The second-order valence-electron chi connectivity index (χ2n) is 10.5. The Labute approximate surface area is 206 Å². The molecule has 0 atom stereocenters. The quantitative estimate of drug-likeness (QED) is 0.537. The highest BCUT2D eigenvalue weighted by molar-refractivity contribution is 7.88. The molecule has 0 saturated carbocycles. The van der Waals surface area contributed by atoms with Crippen molar-refractivity contribution in [3.63, 3.8) is 0 Å². The molecule has 186 valence electrons. The molecule has 10 heteroatoms. The van der Waals surface area contributed by atoms with Crippen molar-refractivity contribution in [2.75, 3.05) is 32.4 Å². The van der Waals surface area contributed by atoms with Gasteiger partial charge in [-0.05, 0) is 35.2 Å². The van der Waals surface area contributed by atoms with Crippen LogP contribution in [0, 0.1) is 16.7 Å². The molecule has 1 aliphatic heterocycles. The van der Waals surface area contributed by atoms with E-state index in [1.807, 2.05) is 24.3 Å². The third kappa shape index (κ3) is 5.32. The van der Waals surface area contributed by atoms with Crippen LogP contribution in [0.3, 0.4) is 0 Å². The summed E-state index contributed by atoms with van der Waals surface area (Å²) >= 11 is 0. The number of piperazine rings is 1. The summed E-state index contributed by atoms with van der Waals surface area (Å²) in [5, 5.41) is 9.73. The number of fused-ring (bicyclic) bond motifs is 1. The van der Waals surface area contributed by atoms with E-state index in [1.165, 1.54) is 10.6 Å². The SMILES string of the molecule is Cn1c(=O)n(CC(C)(C)C)c2ccc(-c3cc(CN4CCN(S(C)(=O)=O)CC4)ccc3C#N)nc21. The van der Waals surface area contributed by atoms with Crippen LogP contribution in [0.4, 0.5) is 0 Å². The Bertz CT molecular complexity index is 1470. The van der Waals surface area contributed by atoms with Crippen molar-refractivity contribution < 1.29 is 8.42 Å². The summed E-state index contributed by atoms with van der Waals surface area (Å²) in [5.74, 6) is 0. The standard InChI is InChI=1S/C25H32N6O3S/c1-25(2,3)17-31-22-9-8-21(27-23(22)28(4)24(31)32)20-14-18(6-7-19(20)15-26)16-29-10-12-30(13-11-29)35(5,33)34/h6-9,14H,10-13,16-17H2,1-5H3. The molecule has 0 bridgehead atoms. The van der Waals surface area contributed by atoms with Gasteiger partial charge in [-0.25, -0.2) is 18.2 Å². The number of aromatic nitrogens is 3. The minimum atomic E-state index is -3.17. The Morgan fingerprint density at radius 2 is 1.77 bits per heavy atom. The average Bonchev–Trinajstić information content (AvgIpc) is 3.02. The number of rotatable bonds is 5. The Hall–Kier alpha value is -3.00. The van der Waals surface area contributed by atoms with Gasteiger partial charge in [-0.1, -0.05) is 26.8 Å². The summed E-state index contributed by atoms with van der Waals surface area (Å²) in [6.45, 7) is 9.74. The lowest BCUT2D eigenvalue weighted by Gasteiger charge is -2.33. The Morgan fingerprint density at radius 3 is 2.37 bits per heavy atom. The number of hydrogen-bond donors (Lipinski definition) is 0. The molecule has 9 nitrogen and oxygen atoms in total. The molecule has 0 spiro atoms. The number of nitrogens with zero attached hydrogens (tertiary/aromatic N) is 6. The first-order chi connectivity index (χ1) is 16.4. The van der Waals surface area contributed by atoms with E-state index in [9.17, 15) is 18.5 Å². The lowest BCUT2D eigenvalue weighted by Crippen LogP contribution is -2.47. The fourth-order valence-corrected chi connectivity index (χ4v) is 5.35. The van der Waals surface area contributed by atoms with E-state index in [1.54, 1.807) is 22.2 Å². The third-order valence-electron chi connectivity index (χ3n) is 6.30. The molecule has 0 radical (unpaired) electrons. The normalized spacial score (nSPS) is 16.0. The zero-order chi connectivity index (χ0) is 25.5. The Balaban J connectivity index is 1.65. The van der Waals surface area contributed by atoms with Gasteiger partial charge in [0.25, 0.3) is 0 Å². The summed E-state index contributed by atoms with van der Waals surface area (Å²) < 4.78 is 28.4. The number of pyridine rings is 1. The zero-order valence-electron chi connectivity index (χ0n) is 20.9. The average molecular weight is 497 g/mol. The zero-order valence-corrected chi connectivity index (χ0v) is 21.8. The van der Waals surface area contributed by atoms with Gasteiger partial charge in [-0.2, -0.15) is 9.57 Å². The van der Waals surface area contributed by atoms with E-state index in [-0.39, 0.29) is 11.1 Å². The van der Waals surface area contributed by atoms with Crippen LogP contribution in [0.25, 0.3) is 22.4 Å². The van der Waals surface area contributed by atoms with Crippen molar-refractivity contribution in [3.8, 4) is 17.3 Å². The second kappa shape index (κ2) is 9.22. The largest absolute Gasteiger partial charge is 0.330 e. The first-order valence-corrected chi connectivity index (χ1v) is 13.5. The van der Waals surface area contributed by atoms with Gasteiger partial charge in [0.05, 0.1) is 29.1 Å². The molecule has 0 aliphatic carbocycles. The molecule has 4 rings (SSSR count). The van der Waals surface area contributed by atoms with E-state index >= 15 is 0 Å². The number of imidazole rings is 1. The molecular formula is C25H32N6O3S. The molecule has 1 saturated heterocycles. The van der Waals surface area contributed by atoms with Gasteiger partial charge < -0.3 is 0 Å². The van der Waals surface area contributed by atoms with Crippen LogP contribution in [0.1, 0.15) is 31.9 Å². The van der Waals surface area contributed by atoms with Gasteiger partial charge in [0.2, 0.25) is 10.0 Å². The topological polar surface area (TPSA) is 104 Å². The second-order valence-corrected chi connectivity index (χ2v) is 12.4. The molecule has 3 aromatic rings. The lowest BCUT2D eigenvalue weighted by molar-refractivity contribution is 0.182. The number of hydrogen-bond acceptors (Lipinski definition) is 6. The summed E-state index contributed by atoms with van der Waals surface area (Å²) in [4.78, 5) is 19.9. The van der Waals surface area contributed by atoms with E-state index in [0.29, 0.717) is 56.2 Å². The van der Waals surface area contributed by atoms with Gasteiger partial charge in [-0.15, -0.1) is 0 Å². The molecule has 35 heavy (non-hydrogen) atoms. The lowest BCUT2D eigenvalue weighted by atomic mass is 9.97. The summed E-state index contributed by atoms with van der Waals surface area (Å²) in [7, 11) is -1.45. The first-order valence-electron chi connectivity index (χ1n) is 11.6. The maximum Gasteiger partial charge on any atom is 0.330 e. The highest BCUT2D eigenvalue weighted by Gasteiger charge is 2.24. The Morgan fingerprint density at radius 1 is 1.09 bits per heavy atom. The number of aryl methyl sites for hydroxylation is 1. The molecule has 0 N–H and O–H groups in total. The summed E-state index contributed by atoms with van der Waals surface area (Å²) in [6.07, 6.45) is 1.24. The number of sulfonamides is 1. The van der Waals surface area contributed by atoms with Crippen molar-refractivity contribution in [2.24, 2.45) is 12.5 Å². The maximum atomic E-state index is 12.9. The molecule has 2 aromatic heterocycles. The van der Waals surface area contributed by atoms with E-state index in [2.05, 4.69) is 31.7 Å². The Kier molecular flexibility index (Phi) is 6.62. The maximum absolute atomic E-state index is 12.9. The molecule has 1 aliphatic rings. The number of nitriles is 1. The van der Waals surface area contributed by atoms with Crippen LogP contribution in [-0.2, 0) is 30.2 Å². The van der Waals surface area contributed by atoms with Crippen LogP contribution < -0.4 is 5.69 Å². The first kappa shape index (κ1) is 25.1. The third-order valence-corrected chi connectivity index (χ3v) is 7.60.